The number of hydrogen-bond donors (Lipinski definition) is 1. The van der Waals surface area contributed by atoms with Crippen molar-refractivity contribution in [1.29, 1.82) is 0 Å². The van der Waals surface area contributed by atoms with Gasteiger partial charge in [0.2, 0.25) is 0 Å². The fourth-order valence-electron chi connectivity index (χ4n) is 3.48. The molecule has 1 aromatic carbocycles. The number of carbonyl (C=O) groups is 1. The summed E-state index contributed by atoms with van der Waals surface area (Å²) < 4.78 is 52.1. The molecular weight excluding hydrogens is 312 g/mol. The van der Waals surface area contributed by atoms with Gasteiger partial charge < -0.3 is 5.32 Å². The number of halogens is 4. The molecule has 1 aliphatic carbocycles. The van der Waals surface area contributed by atoms with Gasteiger partial charge in [0.05, 0.1) is 0 Å². The Hall–Kier alpha value is -2.05. The lowest BCUT2D eigenvalue weighted by Gasteiger charge is -2.28. The van der Waals surface area contributed by atoms with Crippen molar-refractivity contribution in [1.82, 2.24) is 10.2 Å². The highest BCUT2D eigenvalue weighted by molar-refractivity contribution is 5.83. The van der Waals surface area contributed by atoms with E-state index in [9.17, 15) is 22.4 Å². The summed E-state index contributed by atoms with van der Waals surface area (Å²) in [6.07, 6.45) is -1.40. The molecule has 1 fully saturated rings. The number of aryl methyl sites for hydroxylation is 1. The largest absolute Gasteiger partial charge is 0.406 e. The number of nitrogens with zero attached hydrogens (tertiary/aromatic N) is 1. The first kappa shape index (κ1) is 15.8. The molecule has 1 heterocycles. The Balaban J connectivity index is 2.09. The average molecular weight is 328 g/mol. The van der Waals surface area contributed by atoms with Crippen molar-refractivity contribution in [2.45, 2.75) is 37.9 Å². The monoisotopic (exact) mass is 328 g/mol. The van der Waals surface area contributed by atoms with Crippen molar-refractivity contribution >= 4 is 6.03 Å². The highest BCUT2D eigenvalue weighted by Gasteiger charge is 2.53. The predicted molar refractivity (Wildman–Crippen MR) is 76.1 cm³/mol. The van der Waals surface area contributed by atoms with Crippen LogP contribution in [0.5, 0.6) is 0 Å². The van der Waals surface area contributed by atoms with E-state index in [0.29, 0.717) is 24.8 Å². The first-order valence-corrected chi connectivity index (χ1v) is 7.43. The molecule has 23 heavy (non-hydrogen) atoms. The molecule has 1 unspecified atom stereocenters. The van der Waals surface area contributed by atoms with Crippen LogP contribution < -0.4 is 5.32 Å². The van der Waals surface area contributed by atoms with Crippen LogP contribution in [-0.2, 0) is 12.0 Å². The second-order valence-corrected chi connectivity index (χ2v) is 5.84. The second kappa shape index (κ2) is 5.25. The first-order valence-electron chi connectivity index (χ1n) is 7.43. The molecule has 0 bridgehead atoms. The summed E-state index contributed by atoms with van der Waals surface area (Å²) in [7, 11) is 0. The number of allylic oxidation sites excluding steroid dienone is 1. The van der Waals surface area contributed by atoms with Crippen LogP contribution in [0.2, 0.25) is 0 Å². The summed E-state index contributed by atoms with van der Waals surface area (Å²) in [4.78, 5) is 12.9. The Morgan fingerprint density at radius 2 is 2.13 bits per heavy atom. The third-order valence-electron chi connectivity index (χ3n) is 4.33. The number of benzene rings is 1. The average Bonchev–Trinajstić information content (AvgIpc) is 2.92. The van der Waals surface area contributed by atoms with E-state index in [-0.39, 0.29) is 5.70 Å². The van der Waals surface area contributed by atoms with Crippen LogP contribution in [0.3, 0.4) is 0 Å². The molecule has 1 saturated heterocycles. The highest BCUT2D eigenvalue weighted by Crippen LogP contribution is 2.47. The van der Waals surface area contributed by atoms with Crippen LogP contribution in [0.25, 0.3) is 0 Å². The van der Waals surface area contributed by atoms with E-state index in [4.69, 9.17) is 0 Å². The van der Waals surface area contributed by atoms with Gasteiger partial charge in [0.25, 0.3) is 0 Å². The number of fused-ring (bicyclic) bond motifs is 2. The van der Waals surface area contributed by atoms with E-state index in [2.05, 4.69) is 5.32 Å². The molecule has 7 heteroatoms. The Kier molecular flexibility index (Phi) is 3.61. The Bertz CT molecular complexity index is 683. The van der Waals surface area contributed by atoms with Crippen molar-refractivity contribution in [3.63, 3.8) is 0 Å². The number of hydrogen-bond acceptors (Lipinski definition) is 1. The lowest BCUT2D eigenvalue weighted by atomic mass is 9.88. The zero-order valence-corrected chi connectivity index (χ0v) is 12.5. The molecule has 2 amide bonds. The van der Waals surface area contributed by atoms with Crippen LogP contribution >= 0.6 is 0 Å². The van der Waals surface area contributed by atoms with E-state index in [1.165, 1.54) is 12.1 Å². The van der Waals surface area contributed by atoms with E-state index in [1.54, 1.807) is 19.1 Å². The smallest absolute Gasteiger partial charge is 0.323 e. The van der Waals surface area contributed by atoms with Crippen LogP contribution in [0.4, 0.5) is 22.4 Å². The Morgan fingerprint density at radius 3 is 2.78 bits per heavy atom. The van der Waals surface area contributed by atoms with E-state index in [1.807, 2.05) is 0 Å². The van der Waals surface area contributed by atoms with Gasteiger partial charge >= 0.3 is 12.2 Å². The molecular formula is C16H16F4N2O. The number of urea groups is 1. The van der Waals surface area contributed by atoms with Gasteiger partial charge in [-0.3, -0.25) is 4.90 Å². The van der Waals surface area contributed by atoms with Crippen molar-refractivity contribution in [3.8, 4) is 0 Å². The summed E-state index contributed by atoms with van der Waals surface area (Å²) in [5, 5.41) is 2.67. The molecule has 1 aliphatic heterocycles. The van der Waals surface area contributed by atoms with Crippen LogP contribution in [0.1, 0.15) is 30.9 Å². The highest BCUT2D eigenvalue weighted by atomic mass is 19.4. The summed E-state index contributed by atoms with van der Waals surface area (Å²) in [5.74, 6) is -0.468. The topological polar surface area (TPSA) is 32.3 Å². The molecule has 0 radical (unpaired) electrons. The maximum absolute atomic E-state index is 13.7. The third-order valence-corrected chi connectivity index (χ3v) is 4.33. The van der Waals surface area contributed by atoms with Crippen LogP contribution in [0.15, 0.2) is 30.0 Å². The number of amides is 2. The molecule has 3 rings (SSSR count). The lowest BCUT2D eigenvalue weighted by molar-refractivity contribution is -0.136. The standard InChI is InChI=1S/C16H16F4N2O/c1-2-3-13-15(21-14(23)22(13)9-16(18,19)20)7-6-10-4-5-11(17)8-12(10)15/h3-5,8H,2,6-7,9H2,1H3,(H,21,23)/b13-3-. The minimum atomic E-state index is -4.50. The maximum atomic E-state index is 13.7. The van der Waals surface area contributed by atoms with Crippen LogP contribution in [-0.4, -0.2) is 23.7 Å². The molecule has 124 valence electrons. The lowest BCUT2D eigenvalue weighted by Crippen LogP contribution is -2.37. The second-order valence-electron chi connectivity index (χ2n) is 5.84. The normalized spacial score (nSPS) is 25.3. The minimum Gasteiger partial charge on any atom is -0.323 e. The molecule has 0 saturated carbocycles. The van der Waals surface area contributed by atoms with Gasteiger partial charge in [-0.15, -0.1) is 0 Å². The quantitative estimate of drug-likeness (QED) is 0.822. The fraction of sp³-hybridized carbons (Fsp3) is 0.438. The maximum Gasteiger partial charge on any atom is 0.406 e. The van der Waals surface area contributed by atoms with E-state index >= 15 is 0 Å². The third kappa shape index (κ3) is 2.58. The summed E-state index contributed by atoms with van der Waals surface area (Å²) in [6.45, 7) is 0.438. The van der Waals surface area contributed by atoms with Crippen molar-refractivity contribution < 1.29 is 22.4 Å². The van der Waals surface area contributed by atoms with Gasteiger partial charge in [0.15, 0.2) is 0 Å². The van der Waals surface area contributed by atoms with Gasteiger partial charge in [0.1, 0.15) is 17.9 Å². The zero-order chi connectivity index (χ0) is 16.8. The van der Waals surface area contributed by atoms with Gasteiger partial charge in [-0.1, -0.05) is 19.1 Å². The number of nitrogens with one attached hydrogen (secondary N) is 1. The Morgan fingerprint density at radius 1 is 1.39 bits per heavy atom. The van der Waals surface area contributed by atoms with Crippen molar-refractivity contribution in [2.75, 3.05) is 6.54 Å². The van der Waals surface area contributed by atoms with Gasteiger partial charge in [-0.25, -0.2) is 9.18 Å². The van der Waals surface area contributed by atoms with Crippen molar-refractivity contribution in [3.05, 3.63) is 46.9 Å². The molecule has 1 aromatic rings. The summed E-state index contributed by atoms with van der Waals surface area (Å²) in [6, 6.07) is 3.47. The summed E-state index contributed by atoms with van der Waals surface area (Å²) >= 11 is 0. The number of carbonyl (C=O) groups excluding carboxylic acids is 1. The Labute approximate surface area is 131 Å². The fourth-order valence-corrected chi connectivity index (χ4v) is 3.48. The van der Waals surface area contributed by atoms with Crippen LogP contribution in [0, 0.1) is 5.82 Å². The molecule has 0 aromatic heterocycles. The molecule has 1 atom stereocenters. The van der Waals surface area contributed by atoms with Crippen molar-refractivity contribution in [2.24, 2.45) is 0 Å². The number of alkyl halides is 3. The predicted octanol–water partition coefficient (Wildman–Crippen LogP) is 3.85. The summed E-state index contributed by atoms with van der Waals surface area (Å²) in [5.41, 5.74) is 0.611. The first-order chi connectivity index (χ1) is 10.8. The molecule has 3 nitrogen and oxygen atoms in total. The zero-order valence-electron chi connectivity index (χ0n) is 12.5. The molecule has 1 spiro atoms. The molecule has 1 N–H and O–H groups in total. The van der Waals surface area contributed by atoms with E-state index < -0.39 is 30.1 Å². The molecule has 2 aliphatic rings. The SMILES string of the molecule is CC/C=C1\N(CC(F)(F)F)C(=O)NC12CCc1ccc(F)cc12. The van der Waals surface area contributed by atoms with Gasteiger partial charge in [-0.2, -0.15) is 13.2 Å². The number of rotatable bonds is 2. The van der Waals surface area contributed by atoms with E-state index in [0.717, 1.165) is 10.5 Å². The van der Waals surface area contributed by atoms with Gasteiger partial charge in [0, 0.05) is 5.70 Å². The minimum absolute atomic E-state index is 0.270. The van der Waals surface area contributed by atoms with Gasteiger partial charge in [-0.05, 0) is 42.5 Å².